The maximum Gasteiger partial charge on any atom is 0.254 e. The van der Waals surface area contributed by atoms with Gasteiger partial charge in [0.2, 0.25) is 0 Å². The molecule has 0 radical (unpaired) electrons. The first kappa shape index (κ1) is 18.2. The van der Waals surface area contributed by atoms with Gasteiger partial charge in [0.05, 0.1) is 5.69 Å². The molecular formula is C23H21FN2O2. The zero-order valence-electron chi connectivity index (χ0n) is 15.6. The Morgan fingerprint density at radius 1 is 1.07 bits per heavy atom. The van der Waals surface area contributed by atoms with E-state index < -0.39 is 17.6 Å². The fourth-order valence-electron chi connectivity index (χ4n) is 4.02. The van der Waals surface area contributed by atoms with Crippen LogP contribution in [-0.2, 0) is 9.59 Å². The molecule has 1 aliphatic carbocycles. The van der Waals surface area contributed by atoms with E-state index in [1.54, 1.807) is 12.1 Å². The van der Waals surface area contributed by atoms with E-state index in [1.165, 1.54) is 12.1 Å². The first-order chi connectivity index (χ1) is 13.6. The Hall–Kier alpha value is -3.21. The zero-order valence-corrected chi connectivity index (χ0v) is 15.6. The van der Waals surface area contributed by atoms with Gasteiger partial charge in [-0.05, 0) is 37.5 Å². The van der Waals surface area contributed by atoms with Crippen LogP contribution in [0.3, 0.4) is 0 Å². The van der Waals surface area contributed by atoms with Crippen LogP contribution >= 0.6 is 0 Å². The number of ketones is 1. The van der Waals surface area contributed by atoms with E-state index in [-0.39, 0.29) is 11.5 Å². The van der Waals surface area contributed by atoms with Crippen LogP contribution in [0.25, 0.3) is 0 Å². The topological polar surface area (TPSA) is 58.2 Å². The number of Topliss-reactive ketones (excluding diaryl/α,β-unsaturated/α-hetero) is 1. The van der Waals surface area contributed by atoms with Gasteiger partial charge in [0.1, 0.15) is 5.82 Å². The van der Waals surface area contributed by atoms with Crippen molar-refractivity contribution < 1.29 is 14.0 Å². The van der Waals surface area contributed by atoms with Crippen LogP contribution in [0, 0.1) is 5.82 Å². The molecule has 1 unspecified atom stereocenters. The standard InChI is InChI=1S/C23H21FN2O2/c1-14-20(23(28)26-17-11-6-5-10-16(17)24)21(15-8-3-2-4-9-15)22-18(25-14)12-7-13-19(22)27/h2-6,8-11,21,25H,7,12-13H2,1H3,(H,26,28). The molecule has 2 aromatic carbocycles. The SMILES string of the molecule is CC1=C(C(=O)Nc2ccccc2F)C(c2ccccc2)C2=C(CCCC2=O)N1. The molecule has 0 saturated carbocycles. The van der Waals surface area contributed by atoms with Crippen molar-refractivity contribution in [3.63, 3.8) is 0 Å². The minimum absolute atomic E-state index is 0.0614. The average molecular weight is 376 g/mol. The minimum atomic E-state index is -0.497. The van der Waals surface area contributed by atoms with Crippen molar-refractivity contribution in [2.24, 2.45) is 0 Å². The lowest BCUT2D eigenvalue weighted by Crippen LogP contribution is -2.35. The summed E-state index contributed by atoms with van der Waals surface area (Å²) in [6.45, 7) is 1.83. The van der Waals surface area contributed by atoms with Gasteiger partial charge in [-0.3, -0.25) is 9.59 Å². The summed E-state index contributed by atoms with van der Waals surface area (Å²) in [5, 5.41) is 5.94. The number of hydrogen-bond donors (Lipinski definition) is 2. The fraction of sp³-hybridized carbons (Fsp3) is 0.217. The number of dihydropyridines is 1. The number of nitrogens with one attached hydrogen (secondary N) is 2. The number of para-hydroxylation sites is 1. The van der Waals surface area contributed by atoms with Crippen LogP contribution in [0.15, 0.2) is 77.1 Å². The monoisotopic (exact) mass is 376 g/mol. The molecule has 0 saturated heterocycles. The van der Waals surface area contributed by atoms with Gasteiger partial charge >= 0.3 is 0 Å². The average Bonchev–Trinajstić information content (AvgIpc) is 2.69. The molecule has 1 aliphatic heterocycles. The highest BCUT2D eigenvalue weighted by Gasteiger charge is 2.38. The summed E-state index contributed by atoms with van der Waals surface area (Å²) >= 11 is 0. The van der Waals surface area contributed by atoms with Crippen LogP contribution in [-0.4, -0.2) is 11.7 Å². The predicted octanol–water partition coefficient (Wildman–Crippen LogP) is 4.43. The Kier molecular flexibility index (Phi) is 4.82. The third-order valence-electron chi connectivity index (χ3n) is 5.28. The molecule has 0 aromatic heterocycles. The maximum absolute atomic E-state index is 14.1. The Balaban J connectivity index is 1.79. The van der Waals surface area contributed by atoms with E-state index in [9.17, 15) is 14.0 Å². The van der Waals surface area contributed by atoms with Gasteiger partial charge in [-0.25, -0.2) is 4.39 Å². The van der Waals surface area contributed by atoms with Crippen molar-refractivity contribution in [3.05, 3.63) is 88.5 Å². The van der Waals surface area contributed by atoms with Crippen LogP contribution in [0.2, 0.25) is 0 Å². The number of benzene rings is 2. The van der Waals surface area contributed by atoms with Crippen molar-refractivity contribution in [2.45, 2.75) is 32.1 Å². The first-order valence-electron chi connectivity index (χ1n) is 9.41. The van der Waals surface area contributed by atoms with Gasteiger partial charge in [-0.1, -0.05) is 42.5 Å². The molecule has 1 heterocycles. The summed E-state index contributed by atoms with van der Waals surface area (Å²) in [7, 11) is 0. The molecule has 0 bridgehead atoms. The largest absolute Gasteiger partial charge is 0.362 e. The quantitative estimate of drug-likeness (QED) is 0.833. The molecule has 4 nitrogen and oxygen atoms in total. The first-order valence-corrected chi connectivity index (χ1v) is 9.41. The molecule has 2 aliphatic rings. The Labute approximate surface area is 163 Å². The van der Waals surface area contributed by atoms with E-state index in [2.05, 4.69) is 10.6 Å². The summed E-state index contributed by atoms with van der Waals surface area (Å²) in [6, 6.07) is 15.6. The Morgan fingerprint density at radius 3 is 2.54 bits per heavy atom. The number of carbonyl (C=O) groups excluding carboxylic acids is 2. The minimum Gasteiger partial charge on any atom is -0.362 e. The van der Waals surface area contributed by atoms with Crippen molar-refractivity contribution in [3.8, 4) is 0 Å². The molecule has 1 amide bonds. The second-order valence-corrected chi connectivity index (χ2v) is 7.11. The maximum atomic E-state index is 14.1. The molecule has 142 valence electrons. The Morgan fingerprint density at radius 2 is 1.79 bits per heavy atom. The predicted molar refractivity (Wildman–Crippen MR) is 106 cm³/mol. The number of amides is 1. The second-order valence-electron chi connectivity index (χ2n) is 7.11. The third kappa shape index (κ3) is 3.24. The summed E-state index contributed by atoms with van der Waals surface area (Å²) in [4.78, 5) is 26.0. The summed E-state index contributed by atoms with van der Waals surface area (Å²) < 4.78 is 14.1. The number of anilines is 1. The van der Waals surface area contributed by atoms with E-state index in [0.717, 1.165) is 24.1 Å². The van der Waals surface area contributed by atoms with Crippen LogP contribution < -0.4 is 10.6 Å². The number of allylic oxidation sites excluding steroid dienone is 3. The Bertz CT molecular complexity index is 1010. The molecule has 1 atom stereocenters. The highest BCUT2D eigenvalue weighted by Crippen LogP contribution is 2.42. The van der Waals surface area contributed by atoms with Crippen molar-refractivity contribution in [1.82, 2.24) is 5.32 Å². The number of halogens is 1. The van der Waals surface area contributed by atoms with Gasteiger partial charge < -0.3 is 10.6 Å². The molecular weight excluding hydrogens is 355 g/mol. The molecule has 28 heavy (non-hydrogen) atoms. The van der Waals surface area contributed by atoms with E-state index in [4.69, 9.17) is 0 Å². The molecule has 0 fully saturated rings. The van der Waals surface area contributed by atoms with Gasteiger partial charge in [-0.15, -0.1) is 0 Å². The fourth-order valence-corrected chi connectivity index (χ4v) is 4.02. The van der Waals surface area contributed by atoms with Gasteiger partial charge in [0.25, 0.3) is 5.91 Å². The van der Waals surface area contributed by atoms with Gasteiger partial charge in [0, 0.05) is 34.9 Å². The van der Waals surface area contributed by atoms with Gasteiger partial charge in [-0.2, -0.15) is 0 Å². The molecule has 4 rings (SSSR count). The number of carbonyl (C=O) groups is 2. The normalized spacial score (nSPS) is 19.2. The number of rotatable bonds is 3. The van der Waals surface area contributed by atoms with E-state index in [0.29, 0.717) is 23.3 Å². The molecule has 2 N–H and O–H groups in total. The lowest BCUT2D eigenvalue weighted by atomic mass is 9.75. The summed E-state index contributed by atoms with van der Waals surface area (Å²) in [5.74, 6) is -1.31. The lowest BCUT2D eigenvalue weighted by molar-refractivity contribution is -0.116. The van der Waals surface area contributed by atoms with Crippen molar-refractivity contribution in [1.29, 1.82) is 0 Å². The third-order valence-corrected chi connectivity index (χ3v) is 5.28. The van der Waals surface area contributed by atoms with E-state index >= 15 is 0 Å². The molecule has 0 spiro atoms. The van der Waals surface area contributed by atoms with E-state index in [1.807, 2.05) is 37.3 Å². The zero-order chi connectivity index (χ0) is 19.7. The highest BCUT2D eigenvalue weighted by atomic mass is 19.1. The second kappa shape index (κ2) is 7.43. The van der Waals surface area contributed by atoms with Crippen LogP contribution in [0.1, 0.15) is 37.7 Å². The smallest absolute Gasteiger partial charge is 0.254 e. The van der Waals surface area contributed by atoms with Crippen LogP contribution in [0.5, 0.6) is 0 Å². The summed E-state index contributed by atoms with van der Waals surface area (Å²) in [5.41, 5.74) is 3.69. The van der Waals surface area contributed by atoms with Crippen molar-refractivity contribution >= 4 is 17.4 Å². The molecule has 5 heteroatoms. The highest BCUT2D eigenvalue weighted by molar-refractivity contribution is 6.09. The lowest BCUT2D eigenvalue weighted by Gasteiger charge is -2.34. The van der Waals surface area contributed by atoms with Gasteiger partial charge in [0.15, 0.2) is 5.78 Å². The summed E-state index contributed by atoms with van der Waals surface area (Å²) in [6.07, 6.45) is 2.06. The molecule has 2 aromatic rings. The van der Waals surface area contributed by atoms with Crippen molar-refractivity contribution in [2.75, 3.05) is 5.32 Å². The van der Waals surface area contributed by atoms with Crippen LogP contribution in [0.4, 0.5) is 10.1 Å². The number of hydrogen-bond acceptors (Lipinski definition) is 3.